The van der Waals surface area contributed by atoms with E-state index in [1.54, 1.807) is 12.1 Å². The largest absolute Gasteiger partial charge is 0.354 e. The summed E-state index contributed by atoms with van der Waals surface area (Å²) in [5.41, 5.74) is 0.663. The molecule has 0 aliphatic heterocycles. The van der Waals surface area contributed by atoms with Crippen LogP contribution in [-0.2, 0) is 11.3 Å². The van der Waals surface area contributed by atoms with E-state index in [4.69, 9.17) is 0 Å². The number of nitrogens with one attached hydrogen (secondary N) is 1. The first-order chi connectivity index (χ1) is 9.70. The van der Waals surface area contributed by atoms with Gasteiger partial charge in [-0.2, -0.15) is 4.80 Å². The smallest absolute Gasteiger partial charge is 0.243 e. The third-order valence-electron chi connectivity index (χ3n) is 3.13. The lowest BCUT2D eigenvalue weighted by atomic mass is 10.2. The molecule has 1 heterocycles. The molecule has 1 aromatic heterocycles. The van der Waals surface area contributed by atoms with Gasteiger partial charge in [-0.25, -0.2) is 4.39 Å². The number of aromatic nitrogens is 4. The van der Waals surface area contributed by atoms with Crippen LogP contribution in [0.15, 0.2) is 24.3 Å². The minimum absolute atomic E-state index is 0.0426. The van der Waals surface area contributed by atoms with Crippen LogP contribution in [0.25, 0.3) is 11.4 Å². The van der Waals surface area contributed by atoms with E-state index in [1.165, 1.54) is 29.8 Å². The highest BCUT2D eigenvalue weighted by Crippen LogP contribution is 2.27. The lowest BCUT2D eigenvalue weighted by molar-refractivity contribution is -0.122. The number of halogens is 1. The standard InChI is InChI=1S/C13H14FN5O/c14-11-5-3-10(4-6-11)13-16-18-19(17-13)8-12(20)15-7-9-1-2-9/h3-6,9H,1-2,7-8H2,(H,15,20). The Labute approximate surface area is 115 Å². The number of benzene rings is 1. The molecular weight excluding hydrogens is 261 g/mol. The number of hydrogen-bond donors (Lipinski definition) is 1. The average molecular weight is 275 g/mol. The van der Waals surface area contributed by atoms with Crippen LogP contribution in [-0.4, -0.2) is 32.7 Å². The van der Waals surface area contributed by atoms with Crippen molar-refractivity contribution in [2.24, 2.45) is 5.92 Å². The normalized spacial score (nSPS) is 14.2. The van der Waals surface area contributed by atoms with Gasteiger partial charge in [0.05, 0.1) is 0 Å². The summed E-state index contributed by atoms with van der Waals surface area (Å²) in [6.07, 6.45) is 2.38. The zero-order valence-electron chi connectivity index (χ0n) is 10.8. The molecule has 0 bridgehead atoms. The van der Waals surface area contributed by atoms with Crippen molar-refractivity contribution in [3.8, 4) is 11.4 Å². The van der Waals surface area contributed by atoms with Gasteiger partial charge in [0.15, 0.2) is 0 Å². The number of rotatable bonds is 5. The number of hydrogen-bond acceptors (Lipinski definition) is 4. The summed E-state index contributed by atoms with van der Waals surface area (Å²) < 4.78 is 12.8. The SMILES string of the molecule is O=C(Cn1nnc(-c2ccc(F)cc2)n1)NCC1CC1. The van der Waals surface area contributed by atoms with Crippen molar-refractivity contribution in [1.82, 2.24) is 25.5 Å². The van der Waals surface area contributed by atoms with Gasteiger partial charge in [0, 0.05) is 12.1 Å². The number of nitrogens with zero attached hydrogens (tertiary/aromatic N) is 4. The molecule has 1 fully saturated rings. The molecule has 1 aliphatic rings. The Morgan fingerprint density at radius 3 is 2.80 bits per heavy atom. The van der Waals surface area contributed by atoms with Crippen molar-refractivity contribution in [1.29, 1.82) is 0 Å². The predicted octanol–water partition coefficient (Wildman–Crippen LogP) is 1.01. The Hall–Kier alpha value is -2.31. The molecule has 1 N–H and O–H groups in total. The van der Waals surface area contributed by atoms with Crippen molar-refractivity contribution in [3.05, 3.63) is 30.1 Å². The van der Waals surface area contributed by atoms with E-state index in [9.17, 15) is 9.18 Å². The predicted molar refractivity (Wildman–Crippen MR) is 68.9 cm³/mol. The minimum atomic E-state index is -0.319. The highest BCUT2D eigenvalue weighted by atomic mass is 19.1. The van der Waals surface area contributed by atoms with Crippen molar-refractivity contribution in [3.63, 3.8) is 0 Å². The van der Waals surface area contributed by atoms with Gasteiger partial charge >= 0.3 is 0 Å². The second-order valence-electron chi connectivity index (χ2n) is 4.90. The summed E-state index contributed by atoms with van der Waals surface area (Å²) in [5, 5.41) is 14.6. The molecule has 0 unspecified atom stereocenters. The molecule has 104 valence electrons. The van der Waals surface area contributed by atoms with Crippen LogP contribution in [0.5, 0.6) is 0 Å². The van der Waals surface area contributed by atoms with E-state index >= 15 is 0 Å². The van der Waals surface area contributed by atoms with E-state index in [0.717, 1.165) is 6.54 Å². The van der Waals surface area contributed by atoms with E-state index in [1.807, 2.05) is 0 Å². The van der Waals surface area contributed by atoms with Crippen LogP contribution in [0.4, 0.5) is 4.39 Å². The molecule has 0 saturated heterocycles. The fraction of sp³-hybridized carbons (Fsp3) is 0.385. The van der Waals surface area contributed by atoms with Crippen molar-refractivity contribution in [2.75, 3.05) is 6.54 Å². The summed E-state index contributed by atoms with van der Waals surface area (Å²) in [5.74, 6) is 0.568. The first-order valence-electron chi connectivity index (χ1n) is 6.51. The maximum Gasteiger partial charge on any atom is 0.243 e. The Balaban J connectivity index is 1.60. The van der Waals surface area contributed by atoms with Crippen LogP contribution in [0.3, 0.4) is 0 Å². The summed E-state index contributed by atoms with van der Waals surface area (Å²) in [4.78, 5) is 12.9. The monoisotopic (exact) mass is 275 g/mol. The Morgan fingerprint density at radius 2 is 2.10 bits per heavy atom. The molecule has 1 aromatic carbocycles. The maximum atomic E-state index is 12.8. The summed E-state index contributed by atoms with van der Waals surface area (Å²) >= 11 is 0. The molecule has 2 aromatic rings. The summed E-state index contributed by atoms with van der Waals surface area (Å²) in [6.45, 7) is 0.763. The molecule has 7 heteroatoms. The summed E-state index contributed by atoms with van der Waals surface area (Å²) in [7, 11) is 0. The van der Waals surface area contributed by atoms with Gasteiger partial charge in [-0.1, -0.05) is 0 Å². The zero-order chi connectivity index (χ0) is 13.9. The Bertz CT molecular complexity index is 605. The fourth-order valence-corrected chi connectivity index (χ4v) is 1.79. The number of amides is 1. The fourth-order valence-electron chi connectivity index (χ4n) is 1.79. The number of tetrazole rings is 1. The topological polar surface area (TPSA) is 72.7 Å². The average Bonchev–Trinajstić information content (AvgIpc) is 3.16. The highest BCUT2D eigenvalue weighted by molar-refractivity contribution is 5.75. The second-order valence-corrected chi connectivity index (χ2v) is 4.90. The van der Waals surface area contributed by atoms with Crippen LogP contribution in [0, 0.1) is 11.7 Å². The number of carbonyl (C=O) groups excluding carboxylic acids is 1. The highest BCUT2D eigenvalue weighted by Gasteiger charge is 2.21. The molecular formula is C13H14FN5O. The third kappa shape index (κ3) is 3.17. The van der Waals surface area contributed by atoms with Crippen LogP contribution in [0.2, 0.25) is 0 Å². The Morgan fingerprint density at radius 1 is 1.35 bits per heavy atom. The van der Waals surface area contributed by atoms with Crippen LogP contribution < -0.4 is 5.32 Å². The maximum absolute atomic E-state index is 12.8. The van der Waals surface area contributed by atoms with Gasteiger partial charge in [0.1, 0.15) is 12.4 Å². The van der Waals surface area contributed by atoms with E-state index in [-0.39, 0.29) is 18.3 Å². The van der Waals surface area contributed by atoms with Gasteiger partial charge in [-0.05, 0) is 48.2 Å². The lowest BCUT2D eigenvalue weighted by Gasteiger charge is -2.02. The van der Waals surface area contributed by atoms with Crippen molar-refractivity contribution >= 4 is 5.91 Å². The Kier molecular flexibility index (Phi) is 3.41. The lowest BCUT2D eigenvalue weighted by Crippen LogP contribution is -2.30. The molecule has 6 nitrogen and oxygen atoms in total. The molecule has 0 spiro atoms. The molecule has 1 aliphatic carbocycles. The van der Waals surface area contributed by atoms with Crippen molar-refractivity contribution in [2.45, 2.75) is 19.4 Å². The third-order valence-corrected chi connectivity index (χ3v) is 3.13. The quantitative estimate of drug-likeness (QED) is 0.883. The first-order valence-corrected chi connectivity index (χ1v) is 6.51. The second kappa shape index (κ2) is 5.36. The van der Waals surface area contributed by atoms with E-state index in [0.29, 0.717) is 17.3 Å². The van der Waals surface area contributed by atoms with E-state index in [2.05, 4.69) is 20.7 Å². The molecule has 3 rings (SSSR count). The number of carbonyl (C=O) groups is 1. The summed E-state index contributed by atoms with van der Waals surface area (Å²) in [6, 6.07) is 5.81. The van der Waals surface area contributed by atoms with Gasteiger partial charge < -0.3 is 5.32 Å². The minimum Gasteiger partial charge on any atom is -0.354 e. The molecule has 0 radical (unpaired) electrons. The van der Waals surface area contributed by atoms with E-state index < -0.39 is 0 Å². The molecule has 1 saturated carbocycles. The first kappa shape index (κ1) is 12.7. The van der Waals surface area contributed by atoms with Gasteiger partial charge in [0.2, 0.25) is 11.7 Å². The van der Waals surface area contributed by atoms with Crippen molar-refractivity contribution < 1.29 is 9.18 Å². The van der Waals surface area contributed by atoms with Crippen LogP contribution >= 0.6 is 0 Å². The molecule has 0 atom stereocenters. The van der Waals surface area contributed by atoms with Crippen LogP contribution in [0.1, 0.15) is 12.8 Å². The molecule has 20 heavy (non-hydrogen) atoms. The zero-order valence-corrected chi connectivity index (χ0v) is 10.8. The van der Waals surface area contributed by atoms with Gasteiger partial charge in [-0.3, -0.25) is 4.79 Å². The van der Waals surface area contributed by atoms with Gasteiger partial charge in [-0.15, -0.1) is 10.2 Å². The molecule has 1 amide bonds. The van der Waals surface area contributed by atoms with Gasteiger partial charge in [0.25, 0.3) is 0 Å².